The monoisotopic (exact) mass is 442 g/mol. The van der Waals surface area contributed by atoms with Crippen molar-refractivity contribution in [3.05, 3.63) is 102 Å². The quantitative estimate of drug-likeness (QED) is 0.0712. The van der Waals surface area contributed by atoms with Gasteiger partial charge in [0.2, 0.25) is 5.78 Å². The highest BCUT2D eigenvalue weighted by molar-refractivity contribution is 7.99. The predicted octanol–water partition coefficient (Wildman–Crippen LogP) is 6.81. The first-order valence-corrected chi connectivity index (χ1v) is 11.4. The Hall–Kier alpha value is -3.57. The zero-order valence-electron chi connectivity index (χ0n) is 17.4. The molecule has 0 aliphatic rings. The Morgan fingerprint density at radius 3 is 2.50 bits per heavy atom. The average molecular weight is 443 g/mol. The second-order valence-electron chi connectivity index (χ2n) is 7.12. The first-order valence-electron chi connectivity index (χ1n) is 10.4. The van der Waals surface area contributed by atoms with Gasteiger partial charge in [0.05, 0.1) is 0 Å². The number of ether oxygens (including phenoxy) is 1. The van der Waals surface area contributed by atoms with Crippen molar-refractivity contribution < 1.29 is 18.7 Å². The first-order chi connectivity index (χ1) is 15.7. The second kappa shape index (κ2) is 10.6. The Morgan fingerprint density at radius 1 is 0.906 bits per heavy atom. The van der Waals surface area contributed by atoms with Crippen LogP contribution in [-0.4, -0.2) is 17.5 Å². The van der Waals surface area contributed by atoms with E-state index in [1.165, 1.54) is 11.0 Å². The molecule has 4 nitrogen and oxygen atoms in total. The van der Waals surface area contributed by atoms with Crippen LogP contribution in [-0.2, 0) is 4.79 Å². The van der Waals surface area contributed by atoms with Gasteiger partial charge in [-0.2, -0.15) is 0 Å². The molecule has 0 bridgehead atoms. The highest BCUT2D eigenvalue weighted by Gasteiger charge is 2.11. The predicted molar refractivity (Wildman–Crippen MR) is 128 cm³/mol. The van der Waals surface area contributed by atoms with E-state index >= 15 is 0 Å². The van der Waals surface area contributed by atoms with Gasteiger partial charge in [0.25, 0.3) is 0 Å². The molecule has 1 heterocycles. The molecule has 0 unspecified atom stereocenters. The van der Waals surface area contributed by atoms with Gasteiger partial charge in [-0.25, -0.2) is 0 Å². The van der Waals surface area contributed by atoms with Crippen LogP contribution in [0.1, 0.15) is 29.0 Å². The number of thioether (sulfide) groups is 1. The summed E-state index contributed by atoms with van der Waals surface area (Å²) in [6.07, 6.45) is 4.13. The lowest BCUT2D eigenvalue weighted by molar-refractivity contribution is -0.134. The Labute approximate surface area is 190 Å². The lowest BCUT2D eigenvalue weighted by Gasteiger charge is -2.07. The minimum absolute atomic E-state index is 0.250. The Bertz CT molecular complexity index is 1210. The molecule has 0 N–H and O–H groups in total. The molecular weight excluding hydrogens is 420 g/mol. The van der Waals surface area contributed by atoms with Crippen LogP contribution >= 0.6 is 11.8 Å². The molecule has 0 saturated carbocycles. The molecule has 0 saturated heterocycles. The molecule has 160 valence electrons. The van der Waals surface area contributed by atoms with Gasteiger partial charge in [0.15, 0.2) is 5.76 Å². The molecule has 5 heteroatoms. The average Bonchev–Trinajstić information content (AvgIpc) is 3.26. The van der Waals surface area contributed by atoms with Crippen molar-refractivity contribution >= 4 is 40.6 Å². The molecular formula is C27H22O4S. The molecule has 0 spiro atoms. The number of esters is 1. The van der Waals surface area contributed by atoms with Crippen molar-refractivity contribution in [1.29, 1.82) is 0 Å². The minimum atomic E-state index is -0.289. The fourth-order valence-corrected chi connectivity index (χ4v) is 4.03. The number of furan rings is 1. The maximum atomic E-state index is 12.5. The van der Waals surface area contributed by atoms with Crippen molar-refractivity contribution in [2.24, 2.45) is 0 Å². The number of hydrogen-bond donors (Lipinski definition) is 0. The second-order valence-corrected chi connectivity index (χ2v) is 8.29. The number of rotatable bonds is 9. The van der Waals surface area contributed by atoms with E-state index in [0.29, 0.717) is 23.3 Å². The Balaban J connectivity index is 1.33. The highest BCUT2D eigenvalue weighted by Crippen LogP contribution is 2.23. The largest absolute Gasteiger partial charge is 0.453 e. The number of fused-ring (bicyclic) bond motifs is 1. The molecule has 3 aromatic carbocycles. The molecule has 0 fully saturated rings. The number of para-hydroxylation sites is 2. The van der Waals surface area contributed by atoms with Gasteiger partial charge in [-0.1, -0.05) is 54.6 Å². The van der Waals surface area contributed by atoms with Crippen LogP contribution in [0.5, 0.6) is 5.75 Å². The standard InChI is InChI=1S/C27H22O4S/c28-23(26-19-21-10-5-7-14-25(21)30-26)17-16-20-9-4-6-13-24(20)31-27(29)15-8-18-32-22-11-2-1-3-12-22/h1-7,9-14,16-17,19H,8,15,18H2/b17-16+. The van der Waals surface area contributed by atoms with E-state index in [0.717, 1.165) is 17.6 Å². The molecule has 1 aromatic heterocycles. The van der Waals surface area contributed by atoms with Gasteiger partial charge in [-0.05, 0) is 54.7 Å². The summed E-state index contributed by atoms with van der Waals surface area (Å²) in [4.78, 5) is 26.0. The number of ketones is 1. The van der Waals surface area contributed by atoms with Crippen molar-refractivity contribution in [3.63, 3.8) is 0 Å². The van der Waals surface area contributed by atoms with Gasteiger partial charge in [-0.15, -0.1) is 11.8 Å². The maximum absolute atomic E-state index is 12.5. The third-order valence-corrected chi connectivity index (χ3v) is 5.86. The van der Waals surface area contributed by atoms with E-state index in [2.05, 4.69) is 12.1 Å². The highest BCUT2D eigenvalue weighted by atomic mass is 32.2. The van der Waals surface area contributed by atoms with E-state index in [-0.39, 0.29) is 17.5 Å². The lowest BCUT2D eigenvalue weighted by Crippen LogP contribution is -2.08. The number of carbonyl (C=O) groups is 2. The molecule has 0 aliphatic carbocycles. The van der Waals surface area contributed by atoms with Gasteiger partial charge in [-0.3, -0.25) is 9.59 Å². The lowest BCUT2D eigenvalue weighted by atomic mass is 10.1. The summed E-state index contributed by atoms with van der Waals surface area (Å²) < 4.78 is 11.2. The fraction of sp³-hybridized carbons (Fsp3) is 0.111. The minimum Gasteiger partial charge on any atom is -0.453 e. The number of carbonyl (C=O) groups excluding carboxylic acids is 2. The van der Waals surface area contributed by atoms with Crippen molar-refractivity contribution in [3.8, 4) is 5.75 Å². The normalized spacial score (nSPS) is 11.1. The molecule has 4 aromatic rings. The zero-order valence-corrected chi connectivity index (χ0v) is 18.2. The molecule has 0 atom stereocenters. The maximum Gasteiger partial charge on any atom is 0.311 e. The summed E-state index contributed by atoms with van der Waals surface area (Å²) in [5.41, 5.74) is 1.33. The van der Waals surface area contributed by atoms with Crippen LogP contribution in [0.2, 0.25) is 0 Å². The summed E-state index contributed by atoms with van der Waals surface area (Å²) in [5.74, 6) is 1.00. The van der Waals surface area contributed by atoms with Crippen LogP contribution < -0.4 is 4.74 Å². The van der Waals surface area contributed by atoms with Crippen LogP contribution in [0.3, 0.4) is 0 Å². The van der Waals surface area contributed by atoms with Crippen molar-refractivity contribution in [2.45, 2.75) is 17.7 Å². The van der Waals surface area contributed by atoms with Crippen LogP contribution in [0.15, 0.2) is 100 Å². The van der Waals surface area contributed by atoms with Crippen molar-refractivity contribution in [1.82, 2.24) is 0 Å². The van der Waals surface area contributed by atoms with E-state index in [9.17, 15) is 9.59 Å². The smallest absolute Gasteiger partial charge is 0.311 e. The number of hydrogen-bond acceptors (Lipinski definition) is 5. The zero-order chi connectivity index (χ0) is 22.2. The SMILES string of the molecule is O=C(CCCSc1ccccc1)Oc1ccccc1/C=C/C(=O)c1cc2ccccc2o1. The van der Waals surface area contributed by atoms with E-state index in [1.807, 2.05) is 48.5 Å². The van der Waals surface area contributed by atoms with Crippen LogP contribution in [0.25, 0.3) is 17.0 Å². The third-order valence-electron chi connectivity index (χ3n) is 4.76. The summed E-state index contributed by atoms with van der Waals surface area (Å²) in [6, 6.07) is 26.4. The molecule has 4 rings (SSSR count). The molecule has 0 radical (unpaired) electrons. The Morgan fingerprint density at radius 2 is 1.66 bits per heavy atom. The number of benzene rings is 3. The van der Waals surface area contributed by atoms with Gasteiger partial charge in [0.1, 0.15) is 11.3 Å². The first kappa shape index (κ1) is 21.7. The van der Waals surface area contributed by atoms with Crippen LogP contribution in [0, 0.1) is 0 Å². The topological polar surface area (TPSA) is 56.5 Å². The summed E-state index contributed by atoms with van der Waals surface area (Å²) in [5, 5.41) is 0.879. The molecule has 32 heavy (non-hydrogen) atoms. The summed E-state index contributed by atoms with van der Waals surface area (Å²) in [6.45, 7) is 0. The van der Waals surface area contributed by atoms with Gasteiger partial charge in [0, 0.05) is 22.3 Å². The van der Waals surface area contributed by atoms with Gasteiger partial charge < -0.3 is 9.15 Å². The number of allylic oxidation sites excluding steroid dienone is 1. The molecule has 0 amide bonds. The Kier molecular flexibility index (Phi) is 7.20. The van der Waals surface area contributed by atoms with Gasteiger partial charge >= 0.3 is 5.97 Å². The molecule has 0 aliphatic heterocycles. The van der Waals surface area contributed by atoms with Crippen LogP contribution in [0.4, 0.5) is 0 Å². The van der Waals surface area contributed by atoms with E-state index < -0.39 is 0 Å². The summed E-state index contributed by atoms with van der Waals surface area (Å²) in [7, 11) is 0. The van der Waals surface area contributed by atoms with Crippen molar-refractivity contribution in [2.75, 3.05) is 5.75 Å². The summed E-state index contributed by atoms with van der Waals surface area (Å²) >= 11 is 1.72. The van der Waals surface area contributed by atoms with E-state index in [4.69, 9.17) is 9.15 Å². The third kappa shape index (κ3) is 5.77. The van der Waals surface area contributed by atoms with E-state index in [1.54, 1.807) is 42.1 Å². The fourth-order valence-electron chi connectivity index (χ4n) is 3.16.